The van der Waals surface area contributed by atoms with Crippen LogP contribution < -0.4 is 5.32 Å². The van der Waals surface area contributed by atoms with Gasteiger partial charge in [-0.05, 0) is 6.92 Å². The Hall–Kier alpha value is -2.31. The number of nitrogens with two attached hydrogens (primary N) is 1. The van der Waals surface area contributed by atoms with E-state index >= 15 is 0 Å². The molecule has 0 unspecified atom stereocenters. The molecule has 0 aliphatic carbocycles. The lowest BCUT2D eigenvalue weighted by Crippen LogP contribution is -2.88. The summed E-state index contributed by atoms with van der Waals surface area (Å²) in [7, 11) is 1.39. The highest BCUT2D eigenvalue weighted by Gasteiger charge is 2.30. The summed E-state index contributed by atoms with van der Waals surface area (Å²) in [4.78, 5) is 26.4. The van der Waals surface area contributed by atoms with Crippen LogP contribution in [0.15, 0.2) is 54.6 Å². The van der Waals surface area contributed by atoms with E-state index in [9.17, 15) is 9.59 Å². The van der Waals surface area contributed by atoms with E-state index in [0.29, 0.717) is 19.6 Å². The molecular formula is C22H27N2O3S+. The van der Waals surface area contributed by atoms with Gasteiger partial charge < -0.3 is 15.0 Å². The number of aryl methyl sites for hydroxylation is 1. The monoisotopic (exact) mass is 399 g/mol. The van der Waals surface area contributed by atoms with Crippen molar-refractivity contribution >= 4 is 23.6 Å². The van der Waals surface area contributed by atoms with Crippen molar-refractivity contribution in [3.05, 3.63) is 71.3 Å². The minimum Gasteiger partial charge on any atom is -0.468 e. The fourth-order valence-corrected chi connectivity index (χ4v) is 4.52. The molecule has 5 nitrogen and oxygen atoms in total. The second kappa shape index (κ2) is 9.75. The molecular weight excluding hydrogens is 372 g/mol. The predicted octanol–water partition coefficient (Wildman–Crippen LogP) is 1.76. The molecule has 0 bridgehead atoms. The van der Waals surface area contributed by atoms with Gasteiger partial charge in [-0.3, -0.25) is 9.59 Å². The van der Waals surface area contributed by atoms with Crippen LogP contribution in [-0.4, -0.2) is 54.5 Å². The molecule has 148 valence electrons. The van der Waals surface area contributed by atoms with Gasteiger partial charge in [0.05, 0.1) is 7.11 Å². The lowest BCUT2D eigenvalue weighted by Gasteiger charge is -2.30. The van der Waals surface area contributed by atoms with Crippen LogP contribution in [0.2, 0.25) is 0 Å². The number of carbonyl (C=O) groups is 2. The van der Waals surface area contributed by atoms with Crippen LogP contribution in [0.3, 0.4) is 0 Å². The van der Waals surface area contributed by atoms with Crippen molar-refractivity contribution in [1.29, 1.82) is 0 Å². The first kappa shape index (κ1) is 20.4. The van der Waals surface area contributed by atoms with Crippen LogP contribution in [0.5, 0.6) is 0 Å². The van der Waals surface area contributed by atoms with Crippen molar-refractivity contribution in [1.82, 2.24) is 4.90 Å². The molecule has 6 heteroatoms. The van der Waals surface area contributed by atoms with Crippen LogP contribution in [0.4, 0.5) is 0 Å². The van der Waals surface area contributed by atoms with E-state index in [1.165, 1.54) is 23.8 Å². The van der Waals surface area contributed by atoms with E-state index < -0.39 is 0 Å². The quantitative estimate of drug-likeness (QED) is 0.752. The number of methoxy groups -OCH3 is 1. The Morgan fingerprint density at radius 3 is 2.50 bits per heavy atom. The standard InChI is InChI=1S/C22H26N2O3S/c1-16-8-10-18(11-9-16)21(17-6-4-3-5-7-17)23-14-20(25)24-12-13-28-19(15-24)22(26)27-2/h3-11,19,21,23H,12-15H2,1-2H3/p+1/t19-,21+/m1/s1. The lowest BCUT2D eigenvalue weighted by molar-refractivity contribution is -0.677. The van der Waals surface area contributed by atoms with Crippen LogP contribution in [0.1, 0.15) is 22.7 Å². The van der Waals surface area contributed by atoms with Gasteiger partial charge in [0, 0.05) is 30.0 Å². The first-order valence-corrected chi connectivity index (χ1v) is 10.6. The van der Waals surface area contributed by atoms with Gasteiger partial charge in [-0.15, -0.1) is 11.8 Å². The van der Waals surface area contributed by atoms with Gasteiger partial charge in [0.15, 0.2) is 6.54 Å². The number of carbonyl (C=O) groups excluding carboxylic acids is 2. The molecule has 1 saturated heterocycles. The van der Waals surface area contributed by atoms with Gasteiger partial charge in [-0.2, -0.15) is 0 Å². The van der Waals surface area contributed by atoms with Crippen LogP contribution in [0.25, 0.3) is 0 Å². The normalized spacial score (nSPS) is 17.8. The zero-order valence-electron chi connectivity index (χ0n) is 16.3. The largest absolute Gasteiger partial charge is 0.468 e. The summed E-state index contributed by atoms with van der Waals surface area (Å²) in [6.07, 6.45) is 0. The molecule has 3 rings (SSSR count). The van der Waals surface area contributed by atoms with Gasteiger partial charge in [-0.25, -0.2) is 0 Å². The van der Waals surface area contributed by atoms with E-state index in [1.807, 2.05) is 18.2 Å². The number of esters is 1. The zero-order chi connectivity index (χ0) is 19.9. The Labute approximate surface area is 170 Å². The molecule has 1 aliphatic heterocycles. The van der Waals surface area contributed by atoms with E-state index in [-0.39, 0.29) is 23.2 Å². The highest BCUT2D eigenvalue weighted by molar-refractivity contribution is 8.00. The average molecular weight is 400 g/mol. The van der Waals surface area contributed by atoms with Crippen molar-refractivity contribution in [2.75, 3.05) is 32.5 Å². The zero-order valence-corrected chi connectivity index (χ0v) is 17.2. The molecule has 0 spiro atoms. The second-order valence-corrected chi connectivity index (χ2v) is 8.27. The molecule has 1 heterocycles. The number of quaternary nitrogens is 1. The molecule has 2 atom stereocenters. The summed E-state index contributed by atoms with van der Waals surface area (Å²) in [6, 6.07) is 18.7. The Balaban J connectivity index is 1.68. The van der Waals surface area contributed by atoms with Gasteiger partial charge in [0.25, 0.3) is 5.91 Å². The first-order chi connectivity index (χ1) is 13.6. The molecule has 28 heavy (non-hydrogen) atoms. The van der Waals surface area contributed by atoms with Crippen molar-refractivity contribution in [2.45, 2.75) is 18.2 Å². The van der Waals surface area contributed by atoms with E-state index in [4.69, 9.17) is 4.74 Å². The summed E-state index contributed by atoms with van der Waals surface area (Å²) in [5, 5.41) is 1.79. The van der Waals surface area contributed by atoms with Crippen molar-refractivity contribution in [3.8, 4) is 0 Å². The number of rotatable bonds is 6. The van der Waals surface area contributed by atoms with Crippen LogP contribution >= 0.6 is 11.8 Å². The number of ether oxygens (including phenoxy) is 1. The smallest absolute Gasteiger partial charge is 0.320 e. The Kier molecular flexibility index (Phi) is 7.12. The summed E-state index contributed by atoms with van der Waals surface area (Å²) in [5.74, 6) is 0.557. The van der Waals surface area contributed by atoms with Gasteiger partial charge in [0.1, 0.15) is 11.3 Å². The molecule has 0 saturated carbocycles. The fourth-order valence-electron chi connectivity index (χ4n) is 3.40. The van der Waals surface area contributed by atoms with Gasteiger partial charge >= 0.3 is 5.97 Å². The highest BCUT2D eigenvalue weighted by atomic mass is 32.2. The molecule has 0 aromatic heterocycles. The topological polar surface area (TPSA) is 63.2 Å². The van der Waals surface area contributed by atoms with E-state index in [2.05, 4.69) is 48.6 Å². The lowest BCUT2D eigenvalue weighted by atomic mass is 9.98. The number of hydrogen-bond donors (Lipinski definition) is 1. The van der Waals surface area contributed by atoms with Crippen molar-refractivity contribution in [3.63, 3.8) is 0 Å². The summed E-state index contributed by atoms with van der Waals surface area (Å²) in [5.41, 5.74) is 3.55. The third-order valence-electron chi connectivity index (χ3n) is 5.01. The SMILES string of the molecule is COC(=O)[C@H]1CN(C(=O)C[NH2+][C@@H](c2ccccc2)c2ccc(C)cc2)CCS1. The van der Waals surface area contributed by atoms with Crippen molar-refractivity contribution < 1.29 is 19.6 Å². The van der Waals surface area contributed by atoms with Gasteiger partial charge in [0.2, 0.25) is 0 Å². The minimum atomic E-state index is -0.287. The van der Waals surface area contributed by atoms with Crippen LogP contribution in [0, 0.1) is 6.92 Å². The minimum absolute atomic E-state index is 0.0568. The summed E-state index contributed by atoms with van der Waals surface area (Å²) < 4.78 is 4.84. The van der Waals surface area contributed by atoms with E-state index in [0.717, 1.165) is 5.75 Å². The molecule has 0 radical (unpaired) electrons. The third kappa shape index (κ3) is 5.14. The molecule has 2 aromatic carbocycles. The van der Waals surface area contributed by atoms with Crippen LogP contribution in [-0.2, 0) is 14.3 Å². The highest BCUT2D eigenvalue weighted by Crippen LogP contribution is 2.20. The number of amides is 1. The molecule has 2 aromatic rings. The maximum atomic E-state index is 12.8. The second-order valence-electron chi connectivity index (χ2n) is 6.96. The van der Waals surface area contributed by atoms with E-state index in [1.54, 1.807) is 16.7 Å². The first-order valence-electron chi connectivity index (χ1n) is 9.50. The molecule has 2 N–H and O–H groups in total. The number of thioether (sulfide) groups is 1. The fraction of sp³-hybridized carbons (Fsp3) is 0.364. The number of nitrogens with zero attached hydrogens (tertiary/aromatic N) is 1. The predicted molar refractivity (Wildman–Crippen MR) is 111 cm³/mol. The number of benzene rings is 2. The third-order valence-corrected chi connectivity index (χ3v) is 6.17. The maximum absolute atomic E-state index is 12.8. The summed E-state index contributed by atoms with van der Waals surface area (Å²) >= 11 is 1.56. The van der Waals surface area contributed by atoms with Gasteiger partial charge in [-0.1, -0.05) is 60.2 Å². The molecule has 1 amide bonds. The molecule has 1 fully saturated rings. The number of hydrogen-bond acceptors (Lipinski definition) is 4. The van der Waals surface area contributed by atoms with Crippen molar-refractivity contribution in [2.24, 2.45) is 0 Å². The summed E-state index contributed by atoms with van der Waals surface area (Å²) in [6.45, 7) is 3.50. The average Bonchev–Trinajstić information content (AvgIpc) is 2.75. The molecule has 1 aliphatic rings. The Bertz CT molecular complexity index is 795. The Morgan fingerprint density at radius 2 is 1.82 bits per heavy atom. The Morgan fingerprint density at radius 1 is 1.14 bits per heavy atom. The maximum Gasteiger partial charge on any atom is 0.320 e.